The van der Waals surface area contributed by atoms with Gasteiger partial charge >= 0.3 is 0 Å². The molecule has 0 spiro atoms. The van der Waals surface area contributed by atoms with Crippen LogP contribution in [0.15, 0.2) is 48.5 Å². The Labute approximate surface area is 164 Å². The lowest BCUT2D eigenvalue weighted by atomic mass is 10.1. The molecule has 0 aromatic heterocycles. The van der Waals surface area contributed by atoms with Crippen LogP contribution in [0.1, 0.15) is 46.0 Å². The molecule has 0 radical (unpaired) electrons. The van der Waals surface area contributed by atoms with E-state index < -0.39 is 0 Å². The van der Waals surface area contributed by atoms with E-state index in [4.69, 9.17) is 4.74 Å². The number of hydrogen-bond acceptors (Lipinski definition) is 4. The zero-order chi connectivity index (χ0) is 19.9. The number of aryl methyl sites for hydroxylation is 1. The van der Waals surface area contributed by atoms with Gasteiger partial charge in [-0.05, 0) is 42.7 Å². The van der Waals surface area contributed by atoms with Crippen molar-refractivity contribution in [3.05, 3.63) is 65.2 Å². The number of nitrogens with zero attached hydrogens (tertiary/aromatic N) is 1. The van der Waals surface area contributed by atoms with Gasteiger partial charge in [-0.25, -0.2) is 0 Å². The van der Waals surface area contributed by atoms with E-state index in [0.29, 0.717) is 30.7 Å². The number of fused-ring (bicyclic) bond motifs is 1. The summed E-state index contributed by atoms with van der Waals surface area (Å²) in [5.74, 6) is 0.0746. The molecule has 0 bridgehead atoms. The second-order valence-corrected chi connectivity index (χ2v) is 6.61. The molecule has 6 heteroatoms. The maximum absolute atomic E-state index is 12.3. The molecule has 2 aromatic rings. The minimum Gasteiger partial charge on any atom is -0.492 e. The van der Waals surface area contributed by atoms with E-state index in [-0.39, 0.29) is 30.7 Å². The average molecular weight is 380 g/mol. The number of rotatable bonds is 9. The van der Waals surface area contributed by atoms with Crippen molar-refractivity contribution in [3.63, 3.8) is 0 Å². The molecule has 1 aliphatic heterocycles. The first-order chi connectivity index (χ1) is 13.6. The molecule has 6 nitrogen and oxygen atoms in total. The van der Waals surface area contributed by atoms with Gasteiger partial charge in [0.2, 0.25) is 5.91 Å². The van der Waals surface area contributed by atoms with Crippen LogP contribution in [0.2, 0.25) is 0 Å². The zero-order valence-electron chi connectivity index (χ0n) is 15.9. The third-order valence-corrected chi connectivity index (χ3v) is 4.69. The Kier molecular flexibility index (Phi) is 6.42. The van der Waals surface area contributed by atoms with E-state index in [1.807, 2.05) is 24.3 Å². The number of hydrogen-bond donors (Lipinski definition) is 1. The lowest BCUT2D eigenvalue weighted by Gasteiger charge is -2.13. The first-order valence-corrected chi connectivity index (χ1v) is 9.54. The molecule has 2 aromatic carbocycles. The number of carbonyl (C=O) groups excluding carboxylic acids is 3. The van der Waals surface area contributed by atoms with Crippen LogP contribution in [0.5, 0.6) is 5.75 Å². The van der Waals surface area contributed by atoms with Crippen molar-refractivity contribution >= 4 is 17.7 Å². The highest BCUT2D eigenvalue weighted by Crippen LogP contribution is 2.22. The number of nitrogens with one attached hydrogen (secondary N) is 1. The summed E-state index contributed by atoms with van der Waals surface area (Å²) in [6, 6.07) is 14.7. The number of benzene rings is 2. The van der Waals surface area contributed by atoms with Gasteiger partial charge in [0.15, 0.2) is 0 Å². The average Bonchev–Trinajstić information content (AvgIpc) is 2.97. The Morgan fingerprint density at radius 3 is 2.25 bits per heavy atom. The fourth-order valence-electron chi connectivity index (χ4n) is 3.11. The minimum atomic E-state index is -0.288. The summed E-state index contributed by atoms with van der Waals surface area (Å²) >= 11 is 0. The van der Waals surface area contributed by atoms with Gasteiger partial charge in [0, 0.05) is 13.0 Å². The second kappa shape index (κ2) is 9.17. The third-order valence-electron chi connectivity index (χ3n) is 4.69. The Hall–Kier alpha value is -3.15. The Balaban J connectivity index is 1.34. The van der Waals surface area contributed by atoms with E-state index in [1.165, 1.54) is 10.5 Å². The molecule has 3 rings (SSSR count). The highest BCUT2D eigenvalue weighted by Gasteiger charge is 2.34. The quantitative estimate of drug-likeness (QED) is 0.536. The molecule has 3 amide bonds. The largest absolute Gasteiger partial charge is 0.492 e. The lowest BCUT2D eigenvalue weighted by molar-refractivity contribution is -0.121. The molecule has 0 unspecified atom stereocenters. The van der Waals surface area contributed by atoms with Crippen LogP contribution in [0.4, 0.5) is 0 Å². The van der Waals surface area contributed by atoms with Crippen molar-refractivity contribution in [1.82, 2.24) is 10.2 Å². The number of imide groups is 1. The van der Waals surface area contributed by atoms with Gasteiger partial charge in [0.1, 0.15) is 12.4 Å². The van der Waals surface area contributed by atoms with E-state index >= 15 is 0 Å². The first kappa shape index (κ1) is 19.6. The summed E-state index contributed by atoms with van der Waals surface area (Å²) in [6.45, 7) is 3.12. The molecule has 1 heterocycles. The van der Waals surface area contributed by atoms with Gasteiger partial charge in [-0.1, -0.05) is 31.2 Å². The molecular weight excluding hydrogens is 356 g/mol. The van der Waals surface area contributed by atoms with E-state index in [1.54, 1.807) is 24.3 Å². The molecule has 0 atom stereocenters. The fraction of sp³-hybridized carbons (Fsp3) is 0.318. The number of carbonyl (C=O) groups is 3. The summed E-state index contributed by atoms with van der Waals surface area (Å²) in [7, 11) is 0. The topological polar surface area (TPSA) is 75.7 Å². The Morgan fingerprint density at radius 1 is 1.00 bits per heavy atom. The molecule has 1 aliphatic rings. The summed E-state index contributed by atoms with van der Waals surface area (Å²) in [4.78, 5) is 37.7. The van der Waals surface area contributed by atoms with Gasteiger partial charge in [-0.3, -0.25) is 19.3 Å². The second-order valence-electron chi connectivity index (χ2n) is 6.61. The van der Waals surface area contributed by atoms with Crippen LogP contribution in [0, 0.1) is 0 Å². The summed E-state index contributed by atoms with van der Waals surface area (Å²) in [6.07, 6.45) is 1.66. The monoisotopic (exact) mass is 380 g/mol. The normalized spacial score (nSPS) is 12.8. The SMILES string of the molecule is CCc1ccc(OCCNC(=O)CCCN2C(=O)c3ccccc3C2=O)cc1. The van der Waals surface area contributed by atoms with E-state index in [2.05, 4.69) is 12.2 Å². The Morgan fingerprint density at radius 2 is 1.64 bits per heavy atom. The molecule has 0 fully saturated rings. The first-order valence-electron chi connectivity index (χ1n) is 9.54. The summed E-state index contributed by atoms with van der Waals surface area (Å²) in [5, 5.41) is 2.79. The predicted molar refractivity (Wildman–Crippen MR) is 105 cm³/mol. The van der Waals surface area contributed by atoms with Gasteiger partial charge in [0.05, 0.1) is 17.7 Å². The highest BCUT2D eigenvalue weighted by molar-refractivity contribution is 6.21. The van der Waals surface area contributed by atoms with Gasteiger partial charge < -0.3 is 10.1 Å². The maximum atomic E-state index is 12.3. The van der Waals surface area contributed by atoms with Crippen LogP contribution in [0.25, 0.3) is 0 Å². The fourth-order valence-corrected chi connectivity index (χ4v) is 3.11. The maximum Gasteiger partial charge on any atom is 0.261 e. The van der Waals surface area contributed by atoms with Crippen LogP contribution in [-0.4, -0.2) is 42.3 Å². The Bertz CT molecular complexity index is 826. The van der Waals surface area contributed by atoms with Crippen molar-refractivity contribution in [2.45, 2.75) is 26.2 Å². The van der Waals surface area contributed by atoms with Crippen LogP contribution in [-0.2, 0) is 11.2 Å². The van der Waals surface area contributed by atoms with Crippen molar-refractivity contribution in [3.8, 4) is 5.75 Å². The van der Waals surface area contributed by atoms with E-state index in [0.717, 1.165) is 12.2 Å². The molecule has 1 N–H and O–H groups in total. The smallest absolute Gasteiger partial charge is 0.261 e. The lowest BCUT2D eigenvalue weighted by Crippen LogP contribution is -2.32. The van der Waals surface area contributed by atoms with Crippen molar-refractivity contribution in [1.29, 1.82) is 0 Å². The van der Waals surface area contributed by atoms with E-state index in [9.17, 15) is 14.4 Å². The molecule has 146 valence electrons. The molecular formula is C22H24N2O4. The van der Waals surface area contributed by atoms with Crippen molar-refractivity contribution in [2.24, 2.45) is 0 Å². The van der Waals surface area contributed by atoms with Crippen LogP contribution >= 0.6 is 0 Å². The zero-order valence-corrected chi connectivity index (χ0v) is 15.9. The van der Waals surface area contributed by atoms with Gasteiger partial charge in [-0.2, -0.15) is 0 Å². The minimum absolute atomic E-state index is 0.124. The molecule has 0 saturated carbocycles. The number of ether oxygens (including phenoxy) is 1. The number of amides is 3. The third kappa shape index (κ3) is 4.57. The van der Waals surface area contributed by atoms with Crippen molar-refractivity contribution < 1.29 is 19.1 Å². The van der Waals surface area contributed by atoms with Gasteiger partial charge in [-0.15, -0.1) is 0 Å². The predicted octanol–water partition coefficient (Wildman–Crippen LogP) is 2.82. The van der Waals surface area contributed by atoms with Crippen LogP contribution < -0.4 is 10.1 Å². The molecule has 0 aliphatic carbocycles. The standard InChI is InChI=1S/C22H24N2O4/c1-2-16-9-11-17(12-10-16)28-15-13-23-20(25)8-5-14-24-21(26)18-6-3-4-7-19(18)22(24)27/h3-4,6-7,9-12H,2,5,8,13-15H2,1H3,(H,23,25). The summed E-state index contributed by atoms with van der Waals surface area (Å²) in [5.41, 5.74) is 2.11. The van der Waals surface area contributed by atoms with Crippen LogP contribution in [0.3, 0.4) is 0 Å². The molecule has 0 saturated heterocycles. The highest BCUT2D eigenvalue weighted by atomic mass is 16.5. The molecule has 28 heavy (non-hydrogen) atoms. The summed E-state index contributed by atoms with van der Waals surface area (Å²) < 4.78 is 5.59. The van der Waals surface area contributed by atoms with Gasteiger partial charge in [0.25, 0.3) is 11.8 Å². The van der Waals surface area contributed by atoms with Crippen molar-refractivity contribution in [2.75, 3.05) is 19.7 Å².